The first-order chi connectivity index (χ1) is 11.2. The van der Waals surface area contributed by atoms with Crippen molar-refractivity contribution in [3.8, 4) is 0 Å². The average molecular weight is 330 g/mol. The minimum absolute atomic E-state index is 0.238. The number of allylic oxidation sites excluding steroid dienone is 3. The van der Waals surface area contributed by atoms with Gasteiger partial charge in [-0.1, -0.05) is 37.3 Å². The molecule has 1 aromatic carbocycles. The molecule has 1 fully saturated rings. The smallest absolute Gasteiger partial charge is 0.238 e. The maximum atomic E-state index is 13.5. The van der Waals surface area contributed by atoms with Gasteiger partial charge in [0.15, 0.2) is 0 Å². The van der Waals surface area contributed by atoms with E-state index in [0.29, 0.717) is 5.88 Å². The molecule has 2 aliphatic rings. The zero-order valence-corrected chi connectivity index (χ0v) is 14.5. The Morgan fingerprint density at radius 2 is 1.91 bits per heavy atom. The van der Waals surface area contributed by atoms with Gasteiger partial charge in [-0.3, -0.25) is 9.69 Å². The van der Waals surface area contributed by atoms with E-state index in [1.165, 1.54) is 5.57 Å². The molecule has 1 atom stereocenters. The zero-order chi connectivity index (χ0) is 16.3. The number of alkyl halides is 1. The number of fused-ring (bicyclic) bond motifs is 1. The molecule has 0 spiro atoms. The van der Waals surface area contributed by atoms with E-state index >= 15 is 0 Å². The van der Waals surface area contributed by atoms with Gasteiger partial charge in [0.05, 0.1) is 5.41 Å². The summed E-state index contributed by atoms with van der Waals surface area (Å²) in [5.41, 5.74) is 3.09. The molecule has 122 valence electrons. The number of carbonyl (C=O) groups excluding carboxylic acids is 1. The molecule has 0 bridgehead atoms. The summed E-state index contributed by atoms with van der Waals surface area (Å²) in [6.07, 6.45) is 10.1. The van der Waals surface area contributed by atoms with Gasteiger partial charge in [0.25, 0.3) is 0 Å². The quantitative estimate of drug-likeness (QED) is 0.658. The van der Waals surface area contributed by atoms with Crippen LogP contribution in [-0.4, -0.2) is 11.8 Å². The molecule has 0 N–H and O–H groups in total. The number of halogens is 1. The van der Waals surface area contributed by atoms with E-state index in [1.807, 2.05) is 35.2 Å². The number of rotatable bonds is 5. The van der Waals surface area contributed by atoms with E-state index in [4.69, 9.17) is 11.6 Å². The topological polar surface area (TPSA) is 20.3 Å². The third-order valence-corrected chi connectivity index (χ3v) is 5.40. The van der Waals surface area contributed by atoms with E-state index in [9.17, 15) is 4.79 Å². The van der Waals surface area contributed by atoms with Crippen molar-refractivity contribution in [2.75, 3.05) is 10.8 Å². The number of para-hydroxylation sites is 1. The molecule has 1 unspecified atom stereocenters. The Morgan fingerprint density at radius 3 is 2.61 bits per heavy atom. The fourth-order valence-electron chi connectivity index (χ4n) is 3.78. The second-order valence-electron chi connectivity index (χ2n) is 6.48. The first-order valence-electron chi connectivity index (χ1n) is 8.57. The second-order valence-corrected chi connectivity index (χ2v) is 6.85. The van der Waals surface area contributed by atoms with Crippen LogP contribution in [0, 0.1) is 5.41 Å². The van der Waals surface area contributed by atoms with Gasteiger partial charge in [0.1, 0.15) is 0 Å². The largest absolute Gasteiger partial charge is 0.281 e. The van der Waals surface area contributed by atoms with Crippen molar-refractivity contribution in [2.24, 2.45) is 5.41 Å². The molecule has 1 aliphatic heterocycles. The third kappa shape index (κ3) is 2.97. The van der Waals surface area contributed by atoms with Gasteiger partial charge in [-0.15, -0.1) is 11.6 Å². The molecule has 1 aliphatic carbocycles. The van der Waals surface area contributed by atoms with Gasteiger partial charge in [0.2, 0.25) is 5.91 Å². The lowest BCUT2D eigenvalue weighted by atomic mass is 9.70. The Kier molecular flexibility index (Phi) is 4.91. The third-order valence-electron chi connectivity index (χ3n) is 5.13. The van der Waals surface area contributed by atoms with E-state index in [0.717, 1.165) is 49.9 Å². The highest BCUT2D eigenvalue weighted by atomic mass is 35.5. The monoisotopic (exact) mass is 329 g/mol. The van der Waals surface area contributed by atoms with Crippen LogP contribution < -0.4 is 4.90 Å². The molecule has 0 saturated carbocycles. The summed E-state index contributed by atoms with van der Waals surface area (Å²) in [6.45, 7) is 2.13. The standard InChI is InChI=1S/C20H24ClNO/c1-2-20(13-8-14-21)15-16-9-6-7-12-18(16)22(19(20)23)17-10-4-3-5-11-17/h3-5,9-12H,2,6-8,13-15H2,1H3. The van der Waals surface area contributed by atoms with Crippen LogP contribution in [-0.2, 0) is 4.79 Å². The highest BCUT2D eigenvalue weighted by Crippen LogP contribution is 2.47. The van der Waals surface area contributed by atoms with Crippen molar-refractivity contribution in [2.45, 2.75) is 45.4 Å². The van der Waals surface area contributed by atoms with Crippen molar-refractivity contribution >= 4 is 23.2 Å². The molecule has 1 saturated heterocycles. The molecule has 0 aromatic heterocycles. The molecule has 1 amide bonds. The second kappa shape index (κ2) is 6.92. The Morgan fingerprint density at radius 1 is 1.17 bits per heavy atom. The van der Waals surface area contributed by atoms with Gasteiger partial charge < -0.3 is 0 Å². The summed E-state index contributed by atoms with van der Waals surface area (Å²) in [5, 5.41) is 0. The van der Waals surface area contributed by atoms with E-state index in [1.54, 1.807) is 0 Å². The Labute approximate surface area is 143 Å². The molecular weight excluding hydrogens is 306 g/mol. The number of carbonyl (C=O) groups is 1. The number of hydrogen-bond acceptors (Lipinski definition) is 1. The summed E-state index contributed by atoms with van der Waals surface area (Å²) >= 11 is 5.93. The summed E-state index contributed by atoms with van der Waals surface area (Å²) < 4.78 is 0. The lowest BCUT2D eigenvalue weighted by Gasteiger charge is -2.45. The number of hydrogen-bond donors (Lipinski definition) is 0. The van der Waals surface area contributed by atoms with Crippen LogP contribution in [0.2, 0.25) is 0 Å². The van der Waals surface area contributed by atoms with E-state index < -0.39 is 0 Å². The van der Waals surface area contributed by atoms with Crippen molar-refractivity contribution in [3.63, 3.8) is 0 Å². The molecule has 0 radical (unpaired) electrons. The van der Waals surface area contributed by atoms with Crippen molar-refractivity contribution in [1.29, 1.82) is 0 Å². The van der Waals surface area contributed by atoms with Crippen LogP contribution in [0.15, 0.2) is 53.8 Å². The van der Waals surface area contributed by atoms with E-state index in [-0.39, 0.29) is 11.3 Å². The number of piperidine rings is 1. The van der Waals surface area contributed by atoms with Gasteiger partial charge in [-0.05, 0) is 56.2 Å². The average Bonchev–Trinajstić information content (AvgIpc) is 2.61. The Hall–Kier alpha value is -1.54. The Bertz CT molecular complexity index is 634. The fraction of sp³-hybridized carbons (Fsp3) is 0.450. The molecule has 1 aromatic rings. The predicted octanol–water partition coefficient (Wildman–Crippen LogP) is 5.44. The van der Waals surface area contributed by atoms with Crippen LogP contribution in [0.5, 0.6) is 0 Å². The first kappa shape index (κ1) is 16.3. The van der Waals surface area contributed by atoms with E-state index in [2.05, 4.69) is 19.1 Å². The van der Waals surface area contributed by atoms with Crippen LogP contribution in [0.3, 0.4) is 0 Å². The first-order valence-corrected chi connectivity index (χ1v) is 9.10. The summed E-state index contributed by atoms with van der Waals surface area (Å²) in [4.78, 5) is 15.4. The lowest BCUT2D eigenvalue weighted by Crippen LogP contribution is -2.49. The molecule has 1 heterocycles. The van der Waals surface area contributed by atoms with Crippen LogP contribution in [0.4, 0.5) is 5.69 Å². The maximum Gasteiger partial charge on any atom is 0.238 e. The minimum Gasteiger partial charge on any atom is -0.281 e. The molecule has 23 heavy (non-hydrogen) atoms. The summed E-state index contributed by atoms with van der Waals surface area (Å²) in [5.74, 6) is 0.851. The minimum atomic E-state index is -0.314. The molecule has 3 rings (SSSR count). The SMILES string of the molecule is CCC1(CCCCl)CC2=CCCC=C2N(c2ccccc2)C1=O. The lowest BCUT2D eigenvalue weighted by molar-refractivity contribution is -0.129. The molecule has 3 heteroatoms. The zero-order valence-electron chi connectivity index (χ0n) is 13.7. The van der Waals surface area contributed by atoms with Gasteiger partial charge in [-0.25, -0.2) is 0 Å². The maximum absolute atomic E-state index is 13.5. The number of amides is 1. The fourth-order valence-corrected chi connectivity index (χ4v) is 3.92. The van der Waals surface area contributed by atoms with Crippen LogP contribution in [0.1, 0.15) is 45.4 Å². The predicted molar refractivity (Wildman–Crippen MR) is 96.6 cm³/mol. The van der Waals surface area contributed by atoms with Crippen molar-refractivity contribution in [1.82, 2.24) is 0 Å². The number of anilines is 1. The van der Waals surface area contributed by atoms with Crippen molar-refractivity contribution in [3.05, 3.63) is 53.8 Å². The molecular formula is C20H24ClNO. The summed E-state index contributed by atoms with van der Waals surface area (Å²) in [6, 6.07) is 10.0. The van der Waals surface area contributed by atoms with Gasteiger partial charge in [0, 0.05) is 17.3 Å². The van der Waals surface area contributed by atoms with Gasteiger partial charge >= 0.3 is 0 Å². The Balaban J connectivity index is 2.05. The highest BCUT2D eigenvalue weighted by Gasteiger charge is 2.46. The molecule has 2 nitrogen and oxygen atoms in total. The van der Waals surface area contributed by atoms with Crippen LogP contribution in [0.25, 0.3) is 0 Å². The normalized spacial score (nSPS) is 24.1. The summed E-state index contributed by atoms with van der Waals surface area (Å²) in [7, 11) is 0. The van der Waals surface area contributed by atoms with Crippen LogP contribution >= 0.6 is 11.6 Å². The highest BCUT2D eigenvalue weighted by molar-refractivity contribution is 6.17. The number of benzene rings is 1. The van der Waals surface area contributed by atoms with Crippen molar-refractivity contribution < 1.29 is 4.79 Å². The number of nitrogens with zero attached hydrogens (tertiary/aromatic N) is 1. The van der Waals surface area contributed by atoms with Gasteiger partial charge in [-0.2, -0.15) is 0 Å².